The predicted octanol–water partition coefficient (Wildman–Crippen LogP) is 4.50. The van der Waals surface area contributed by atoms with E-state index in [0.717, 1.165) is 0 Å². The molecule has 0 amide bonds. The summed E-state index contributed by atoms with van der Waals surface area (Å²) in [6, 6.07) is 23.0. The lowest BCUT2D eigenvalue weighted by Gasteiger charge is -2.07. The van der Waals surface area contributed by atoms with Gasteiger partial charge in [-0.05, 0) is 25.1 Å². The van der Waals surface area contributed by atoms with Crippen molar-refractivity contribution in [3.63, 3.8) is 0 Å². The summed E-state index contributed by atoms with van der Waals surface area (Å²) in [5.74, 6) is 0.432. The topological polar surface area (TPSA) is 71.2 Å². The Bertz CT molecular complexity index is 1030. The molecule has 0 aliphatic carbocycles. The second kappa shape index (κ2) is 8.77. The third-order valence-electron chi connectivity index (χ3n) is 4.19. The van der Waals surface area contributed by atoms with Gasteiger partial charge in [0.1, 0.15) is 17.2 Å². The molecule has 140 valence electrons. The first kappa shape index (κ1) is 19.0. The average Bonchev–Trinajstić information content (AvgIpc) is 2.75. The minimum Gasteiger partial charge on any atom is -0.507 e. The molecular weight excluding hydrogens is 352 g/mol. The zero-order valence-electron chi connectivity index (χ0n) is 15.7. The maximum absolute atomic E-state index is 13.0. The van der Waals surface area contributed by atoms with Crippen LogP contribution in [0.2, 0.25) is 0 Å². The first-order valence-corrected chi connectivity index (χ1v) is 8.75. The van der Waals surface area contributed by atoms with Crippen molar-refractivity contribution < 1.29 is 14.6 Å². The summed E-state index contributed by atoms with van der Waals surface area (Å²) in [6.45, 7) is 1.72. The van der Waals surface area contributed by atoms with E-state index in [4.69, 9.17) is 4.74 Å². The van der Waals surface area contributed by atoms with Gasteiger partial charge in [-0.15, -0.1) is 5.10 Å². The fraction of sp³-hybridized carbons (Fsp3) is 0.0870. The lowest BCUT2D eigenvalue weighted by atomic mass is 10.0. The number of phenols is 1. The minimum atomic E-state index is -0.224. The van der Waals surface area contributed by atoms with Crippen molar-refractivity contribution in [2.24, 2.45) is 10.2 Å². The number of benzene rings is 3. The highest BCUT2D eigenvalue weighted by Crippen LogP contribution is 2.23. The summed E-state index contributed by atoms with van der Waals surface area (Å²) in [6.07, 6.45) is 0. The second-order valence-electron chi connectivity index (χ2n) is 6.08. The second-order valence-corrected chi connectivity index (χ2v) is 6.08. The van der Waals surface area contributed by atoms with E-state index < -0.39 is 0 Å². The van der Waals surface area contributed by atoms with Gasteiger partial charge in [0.2, 0.25) is 5.78 Å². The molecule has 0 unspecified atom stereocenters. The van der Waals surface area contributed by atoms with Gasteiger partial charge in [0.25, 0.3) is 0 Å². The van der Waals surface area contributed by atoms with E-state index in [1.807, 2.05) is 36.4 Å². The number of hydrogen-bond acceptors (Lipinski definition) is 5. The Morgan fingerprint density at radius 3 is 2.07 bits per heavy atom. The normalized spacial score (nSPS) is 11.9. The first-order valence-electron chi connectivity index (χ1n) is 8.75. The van der Waals surface area contributed by atoms with Gasteiger partial charge in [0, 0.05) is 16.7 Å². The third kappa shape index (κ3) is 4.32. The molecule has 0 saturated heterocycles. The molecule has 3 aromatic rings. The first-order chi connectivity index (χ1) is 13.6. The Morgan fingerprint density at radius 2 is 1.46 bits per heavy atom. The van der Waals surface area contributed by atoms with Crippen molar-refractivity contribution in [1.29, 1.82) is 0 Å². The maximum Gasteiger partial charge on any atom is 0.213 e. The molecule has 3 aromatic carbocycles. The van der Waals surface area contributed by atoms with Crippen LogP contribution in [-0.2, 0) is 0 Å². The van der Waals surface area contributed by atoms with E-state index in [0.29, 0.717) is 28.2 Å². The number of phenolic OH excluding ortho intramolecular Hbond substituents is 1. The number of carbonyl (C=O) groups is 1. The molecule has 5 heteroatoms. The van der Waals surface area contributed by atoms with E-state index in [2.05, 4.69) is 10.2 Å². The van der Waals surface area contributed by atoms with Crippen LogP contribution in [0.15, 0.2) is 89.1 Å². The molecule has 0 aliphatic heterocycles. The Labute approximate surface area is 163 Å². The zero-order valence-corrected chi connectivity index (χ0v) is 15.7. The van der Waals surface area contributed by atoms with Gasteiger partial charge in [-0.25, -0.2) is 0 Å². The van der Waals surface area contributed by atoms with Crippen LogP contribution in [0.5, 0.6) is 11.5 Å². The number of nitrogens with zero attached hydrogens (tertiary/aromatic N) is 2. The van der Waals surface area contributed by atoms with Crippen molar-refractivity contribution in [2.75, 3.05) is 7.11 Å². The number of hydrogen-bond donors (Lipinski definition) is 1. The van der Waals surface area contributed by atoms with E-state index in [1.54, 1.807) is 50.4 Å². The number of aromatic hydroxyl groups is 1. The molecule has 28 heavy (non-hydrogen) atoms. The van der Waals surface area contributed by atoms with Gasteiger partial charge in [0.15, 0.2) is 0 Å². The lowest BCUT2D eigenvalue weighted by molar-refractivity contribution is 0.106. The lowest BCUT2D eigenvalue weighted by Crippen LogP contribution is -2.15. The standard InChI is InChI=1S/C23H20N2O3/c1-16(20-15-19(28-2)13-14-21(20)26)24-25-22(17-9-5-3-6-10-17)23(27)18-11-7-4-8-12-18/h3-15,26H,1-2H3/b24-16+,25-22+. The molecule has 0 bridgehead atoms. The minimum absolute atomic E-state index is 0.0629. The molecule has 1 N–H and O–H groups in total. The van der Waals surface area contributed by atoms with E-state index in [-0.39, 0.29) is 17.2 Å². The zero-order chi connectivity index (χ0) is 19.9. The van der Waals surface area contributed by atoms with Crippen LogP contribution in [0.1, 0.15) is 28.4 Å². The Kier molecular flexibility index (Phi) is 5.97. The molecule has 3 rings (SSSR count). The molecule has 0 aromatic heterocycles. The number of carbonyl (C=O) groups excluding carboxylic acids is 1. The van der Waals surface area contributed by atoms with Gasteiger partial charge in [-0.2, -0.15) is 5.10 Å². The number of ether oxygens (including phenoxy) is 1. The fourth-order valence-corrected chi connectivity index (χ4v) is 2.67. The van der Waals surface area contributed by atoms with Crippen molar-refractivity contribution >= 4 is 17.2 Å². The van der Waals surface area contributed by atoms with Gasteiger partial charge < -0.3 is 9.84 Å². The number of methoxy groups -OCH3 is 1. The summed E-state index contributed by atoms with van der Waals surface area (Å²) >= 11 is 0. The Hall–Kier alpha value is -3.73. The third-order valence-corrected chi connectivity index (χ3v) is 4.19. The van der Waals surface area contributed by atoms with Crippen molar-refractivity contribution in [3.05, 3.63) is 95.6 Å². The SMILES string of the molecule is COc1ccc(O)c(/C(C)=N/N=C(/C(=O)c2ccccc2)c2ccccc2)c1. The monoisotopic (exact) mass is 372 g/mol. The highest BCUT2D eigenvalue weighted by molar-refractivity contribution is 6.51. The molecule has 0 fully saturated rings. The summed E-state index contributed by atoms with van der Waals surface area (Å²) < 4.78 is 5.19. The smallest absolute Gasteiger partial charge is 0.213 e. The number of Topliss-reactive ketones (excluding diaryl/α,β-unsaturated/α-hetero) is 1. The van der Waals surface area contributed by atoms with Gasteiger partial charge in [0.05, 0.1) is 12.8 Å². The van der Waals surface area contributed by atoms with Crippen molar-refractivity contribution in [2.45, 2.75) is 6.92 Å². The van der Waals surface area contributed by atoms with Crippen LogP contribution in [0.25, 0.3) is 0 Å². The summed E-state index contributed by atoms with van der Waals surface area (Å²) in [5, 5.41) is 18.6. The molecule has 0 spiro atoms. The summed E-state index contributed by atoms with van der Waals surface area (Å²) in [7, 11) is 1.55. The molecule has 5 nitrogen and oxygen atoms in total. The summed E-state index contributed by atoms with van der Waals surface area (Å²) in [5.41, 5.74) is 2.38. The van der Waals surface area contributed by atoms with Crippen LogP contribution in [-0.4, -0.2) is 29.4 Å². The molecule has 0 atom stereocenters. The largest absolute Gasteiger partial charge is 0.507 e. The van der Waals surface area contributed by atoms with Gasteiger partial charge >= 0.3 is 0 Å². The Balaban J connectivity index is 2.04. The molecular formula is C23H20N2O3. The van der Waals surface area contributed by atoms with E-state index in [1.165, 1.54) is 6.07 Å². The predicted molar refractivity (Wildman–Crippen MR) is 111 cm³/mol. The van der Waals surface area contributed by atoms with Gasteiger partial charge in [-0.3, -0.25) is 4.79 Å². The molecule has 0 saturated carbocycles. The molecule has 0 aliphatic rings. The van der Waals surface area contributed by atoms with Crippen LogP contribution < -0.4 is 4.74 Å². The number of rotatable bonds is 6. The van der Waals surface area contributed by atoms with Crippen LogP contribution in [0.3, 0.4) is 0 Å². The highest BCUT2D eigenvalue weighted by Gasteiger charge is 2.16. The van der Waals surface area contributed by atoms with Crippen LogP contribution in [0.4, 0.5) is 0 Å². The highest BCUT2D eigenvalue weighted by atomic mass is 16.5. The molecule has 0 radical (unpaired) electrons. The summed E-state index contributed by atoms with van der Waals surface area (Å²) in [4.78, 5) is 13.0. The van der Waals surface area contributed by atoms with Crippen molar-refractivity contribution in [3.8, 4) is 11.5 Å². The van der Waals surface area contributed by atoms with E-state index >= 15 is 0 Å². The Morgan fingerprint density at radius 1 is 0.857 bits per heavy atom. The van der Waals surface area contributed by atoms with Crippen LogP contribution >= 0.6 is 0 Å². The number of ketones is 1. The van der Waals surface area contributed by atoms with E-state index in [9.17, 15) is 9.90 Å². The average molecular weight is 372 g/mol. The quantitative estimate of drug-likeness (QED) is 0.393. The van der Waals surface area contributed by atoms with Crippen molar-refractivity contribution in [1.82, 2.24) is 0 Å². The molecule has 0 heterocycles. The fourth-order valence-electron chi connectivity index (χ4n) is 2.67. The van der Waals surface area contributed by atoms with Gasteiger partial charge in [-0.1, -0.05) is 60.7 Å². The maximum atomic E-state index is 13.0. The van der Waals surface area contributed by atoms with Crippen LogP contribution in [0, 0.1) is 0 Å².